The topological polar surface area (TPSA) is 64.9 Å². The lowest BCUT2D eigenvalue weighted by Gasteiger charge is -1.96. The van der Waals surface area contributed by atoms with Gasteiger partial charge in [0.15, 0.2) is 5.76 Å². The predicted octanol–water partition coefficient (Wildman–Crippen LogP) is 2.08. The molecule has 0 amide bonds. The smallest absolute Gasteiger partial charge is 0.219 e. The molecule has 0 aromatic carbocycles. The molecule has 0 saturated heterocycles. The van der Waals surface area contributed by atoms with Crippen LogP contribution in [0.4, 0.5) is 5.95 Å². The van der Waals surface area contributed by atoms with E-state index in [9.17, 15) is 0 Å². The number of anilines is 1. The van der Waals surface area contributed by atoms with Gasteiger partial charge in [-0.2, -0.15) is 0 Å². The van der Waals surface area contributed by atoms with Crippen molar-refractivity contribution in [1.82, 2.24) is 9.97 Å². The molecule has 0 aliphatic carbocycles. The van der Waals surface area contributed by atoms with Crippen molar-refractivity contribution in [3.05, 3.63) is 29.2 Å². The number of furan rings is 1. The second kappa shape index (κ2) is 3.18. The molecular formula is C8H6BrN3O. The largest absolute Gasteiger partial charge is 0.463 e. The van der Waals surface area contributed by atoms with Crippen molar-refractivity contribution in [3.63, 3.8) is 0 Å². The van der Waals surface area contributed by atoms with Gasteiger partial charge in [-0.05, 0) is 22.0 Å². The third-order valence-corrected chi connectivity index (χ3v) is 2.18. The van der Waals surface area contributed by atoms with Gasteiger partial charge in [0, 0.05) is 12.4 Å². The van der Waals surface area contributed by atoms with E-state index >= 15 is 0 Å². The molecule has 0 aliphatic heterocycles. The Bertz CT molecular complexity index is 410. The van der Waals surface area contributed by atoms with Crippen LogP contribution in [0.2, 0.25) is 0 Å². The van der Waals surface area contributed by atoms with Gasteiger partial charge >= 0.3 is 0 Å². The fourth-order valence-corrected chi connectivity index (χ4v) is 1.39. The van der Waals surface area contributed by atoms with Crippen LogP contribution in [0.3, 0.4) is 0 Å². The monoisotopic (exact) mass is 239 g/mol. The van der Waals surface area contributed by atoms with Gasteiger partial charge in [-0.3, -0.25) is 0 Å². The van der Waals surface area contributed by atoms with E-state index in [1.165, 1.54) is 0 Å². The van der Waals surface area contributed by atoms with Crippen molar-refractivity contribution in [2.45, 2.75) is 0 Å². The zero-order chi connectivity index (χ0) is 9.26. The quantitative estimate of drug-likeness (QED) is 0.828. The van der Waals surface area contributed by atoms with Gasteiger partial charge in [-0.25, -0.2) is 9.97 Å². The molecule has 2 aromatic rings. The maximum Gasteiger partial charge on any atom is 0.219 e. The fraction of sp³-hybridized carbons (Fsp3) is 0. The SMILES string of the molecule is Nc1ncc(-c2occc2Br)cn1. The first-order valence-electron chi connectivity index (χ1n) is 3.58. The van der Waals surface area contributed by atoms with Crippen molar-refractivity contribution in [1.29, 1.82) is 0 Å². The highest BCUT2D eigenvalue weighted by Crippen LogP contribution is 2.27. The minimum Gasteiger partial charge on any atom is -0.463 e. The van der Waals surface area contributed by atoms with Crippen LogP contribution in [0.1, 0.15) is 0 Å². The predicted molar refractivity (Wildman–Crippen MR) is 51.8 cm³/mol. The standard InChI is InChI=1S/C8H6BrN3O/c9-6-1-2-13-7(6)5-3-11-8(10)12-4-5/h1-4H,(H2,10,11,12). The summed E-state index contributed by atoms with van der Waals surface area (Å²) < 4.78 is 6.10. The van der Waals surface area contributed by atoms with Crippen molar-refractivity contribution in [2.75, 3.05) is 5.73 Å². The van der Waals surface area contributed by atoms with Crippen LogP contribution < -0.4 is 5.73 Å². The van der Waals surface area contributed by atoms with E-state index < -0.39 is 0 Å². The zero-order valence-electron chi connectivity index (χ0n) is 6.57. The normalized spacial score (nSPS) is 10.2. The van der Waals surface area contributed by atoms with E-state index in [0.29, 0.717) is 5.76 Å². The molecule has 13 heavy (non-hydrogen) atoms. The highest BCUT2D eigenvalue weighted by atomic mass is 79.9. The summed E-state index contributed by atoms with van der Waals surface area (Å²) in [6.45, 7) is 0. The van der Waals surface area contributed by atoms with Gasteiger partial charge in [0.05, 0.1) is 16.3 Å². The summed E-state index contributed by atoms with van der Waals surface area (Å²) in [5, 5.41) is 0. The number of nitrogen functional groups attached to an aromatic ring is 1. The minimum atomic E-state index is 0.256. The maximum atomic E-state index is 5.35. The van der Waals surface area contributed by atoms with E-state index in [0.717, 1.165) is 10.0 Å². The van der Waals surface area contributed by atoms with Crippen LogP contribution in [0, 0.1) is 0 Å². The molecule has 0 bridgehead atoms. The van der Waals surface area contributed by atoms with Crippen molar-refractivity contribution >= 4 is 21.9 Å². The molecule has 2 heterocycles. The molecule has 4 nitrogen and oxygen atoms in total. The van der Waals surface area contributed by atoms with Gasteiger partial charge in [0.2, 0.25) is 5.95 Å². The first-order valence-corrected chi connectivity index (χ1v) is 4.37. The summed E-state index contributed by atoms with van der Waals surface area (Å²) in [7, 11) is 0. The summed E-state index contributed by atoms with van der Waals surface area (Å²) in [5.41, 5.74) is 6.15. The molecule has 5 heteroatoms. The van der Waals surface area contributed by atoms with Crippen molar-refractivity contribution < 1.29 is 4.42 Å². The molecule has 0 unspecified atom stereocenters. The lowest BCUT2D eigenvalue weighted by molar-refractivity contribution is 0.580. The number of rotatable bonds is 1. The number of aromatic nitrogens is 2. The number of hydrogen-bond donors (Lipinski definition) is 1. The molecule has 0 atom stereocenters. The average molecular weight is 240 g/mol. The third-order valence-electron chi connectivity index (χ3n) is 1.55. The molecule has 2 aromatic heterocycles. The second-order valence-electron chi connectivity index (χ2n) is 2.43. The minimum absolute atomic E-state index is 0.256. The lowest BCUT2D eigenvalue weighted by Crippen LogP contribution is -1.93. The molecule has 0 spiro atoms. The molecule has 0 fully saturated rings. The molecular weight excluding hydrogens is 234 g/mol. The third kappa shape index (κ3) is 1.55. The van der Waals surface area contributed by atoms with Crippen LogP contribution in [-0.4, -0.2) is 9.97 Å². The summed E-state index contributed by atoms with van der Waals surface area (Å²) in [4.78, 5) is 7.72. The second-order valence-corrected chi connectivity index (χ2v) is 3.28. The van der Waals surface area contributed by atoms with Gasteiger partial charge < -0.3 is 10.2 Å². The molecule has 2 rings (SSSR count). The van der Waals surface area contributed by atoms with Gasteiger partial charge in [0.1, 0.15) is 0 Å². The van der Waals surface area contributed by atoms with Crippen molar-refractivity contribution in [2.24, 2.45) is 0 Å². The first-order chi connectivity index (χ1) is 6.27. The number of nitrogens with two attached hydrogens (primary N) is 1. The average Bonchev–Trinajstić information content (AvgIpc) is 2.53. The lowest BCUT2D eigenvalue weighted by atomic mass is 10.3. The number of nitrogens with zero attached hydrogens (tertiary/aromatic N) is 2. The summed E-state index contributed by atoms with van der Waals surface area (Å²) in [6, 6.07) is 1.81. The Morgan fingerprint density at radius 3 is 2.54 bits per heavy atom. The Morgan fingerprint density at radius 2 is 2.00 bits per heavy atom. The van der Waals surface area contributed by atoms with E-state index in [-0.39, 0.29) is 5.95 Å². The summed E-state index contributed by atoms with van der Waals surface area (Å²) >= 11 is 3.34. The van der Waals surface area contributed by atoms with E-state index in [4.69, 9.17) is 10.2 Å². The number of hydrogen-bond acceptors (Lipinski definition) is 4. The van der Waals surface area contributed by atoms with E-state index in [1.807, 2.05) is 6.07 Å². The fourth-order valence-electron chi connectivity index (χ4n) is 0.955. The van der Waals surface area contributed by atoms with Crippen LogP contribution in [0.5, 0.6) is 0 Å². The Hall–Kier alpha value is -1.36. The molecule has 0 aliphatic rings. The zero-order valence-corrected chi connectivity index (χ0v) is 8.15. The maximum absolute atomic E-state index is 5.35. The van der Waals surface area contributed by atoms with Crippen molar-refractivity contribution in [3.8, 4) is 11.3 Å². The van der Waals surface area contributed by atoms with Crippen LogP contribution in [0.25, 0.3) is 11.3 Å². The Labute approximate surface area is 82.9 Å². The van der Waals surface area contributed by atoms with Gasteiger partial charge in [0.25, 0.3) is 0 Å². The summed E-state index contributed by atoms with van der Waals surface area (Å²) in [6.07, 6.45) is 4.83. The highest BCUT2D eigenvalue weighted by molar-refractivity contribution is 9.10. The van der Waals surface area contributed by atoms with Gasteiger partial charge in [-0.15, -0.1) is 0 Å². The van der Waals surface area contributed by atoms with Crippen LogP contribution in [-0.2, 0) is 0 Å². The Morgan fingerprint density at radius 1 is 1.31 bits per heavy atom. The molecule has 2 N–H and O–H groups in total. The van der Waals surface area contributed by atoms with Crippen LogP contribution >= 0.6 is 15.9 Å². The first kappa shape index (κ1) is 8.25. The van der Waals surface area contributed by atoms with E-state index in [2.05, 4.69) is 25.9 Å². The van der Waals surface area contributed by atoms with Gasteiger partial charge in [-0.1, -0.05) is 0 Å². The number of halogens is 1. The summed E-state index contributed by atoms with van der Waals surface area (Å²) in [5.74, 6) is 0.964. The highest BCUT2D eigenvalue weighted by Gasteiger charge is 2.06. The molecule has 66 valence electrons. The molecule has 0 saturated carbocycles. The van der Waals surface area contributed by atoms with E-state index in [1.54, 1.807) is 18.7 Å². The van der Waals surface area contributed by atoms with Crippen LogP contribution in [0.15, 0.2) is 33.6 Å². The Balaban J connectivity index is 2.47. The Kier molecular flexibility index (Phi) is 2.02. The molecule has 0 radical (unpaired) electrons.